The number of rotatable bonds is 3. The van der Waals surface area contributed by atoms with Crippen LogP contribution in [0.4, 0.5) is 4.39 Å². The summed E-state index contributed by atoms with van der Waals surface area (Å²) in [6.45, 7) is 5.73. The minimum absolute atomic E-state index is 0.00586. The average Bonchev–Trinajstić information content (AvgIpc) is 3.08. The standard InChI is InChI=1S/C22H20BrFN2O4S/c1-22(2,3)20-19(27)17(18-13-6-4-5-7-16(13)31(29,30)25-18)21(28)26(20)11-12-8-9-15(24)14(23)10-12/h4-10,20,27H,11H2,1-3H3. The van der Waals surface area contributed by atoms with Crippen LogP contribution < -0.4 is 0 Å². The van der Waals surface area contributed by atoms with Gasteiger partial charge in [-0.05, 0) is 45.1 Å². The lowest BCUT2D eigenvalue weighted by Crippen LogP contribution is -2.43. The van der Waals surface area contributed by atoms with Crippen molar-refractivity contribution in [1.82, 2.24) is 4.90 Å². The van der Waals surface area contributed by atoms with E-state index in [4.69, 9.17) is 0 Å². The van der Waals surface area contributed by atoms with Gasteiger partial charge in [-0.3, -0.25) is 4.79 Å². The number of carbonyl (C=O) groups excluding carboxylic acids is 1. The van der Waals surface area contributed by atoms with Crippen LogP contribution in [0.25, 0.3) is 0 Å². The summed E-state index contributed by atoms with van der Waals surface area (Å²) < 4.78 is 42.7. The lowest BCUT2D eigenvalue weighted by atomic mass is 9.84. The normalized spacial score (nSPS) is 20.3. The van der Waals surface area contributed by atoms with E-state index in [1.54, 1.807) is 30.3 Å². The van der Waals surface area contributed by atoms with Crippen LogP contribution >= 0.6 is 15.9 Å². The predicted molar refractivity (Wildman–Crippen MR) is 118 cm³/mol. The van der Waals surface area contributed by atoms with Crippen molar-refractivity contribution in [1.29, 1.82) is 0 Å². The van der Waals surface area contributed by atoms with Gasteiger partial charge < -0.3 is 10.0 Å². The van der Waals surface area contributed by atoms with Crippen LogP contribution in [0.1, 0.15) is 31.9 Å². The molecular formula is C22H20BrFN2O4S. The summed E-state index contributed by atoms with van der Waals surface area (Å²) in [5.41, 5.74) is 0.226. The third-order valence-electron chi connectivity index (χ3n) is 5.33. The van der Waals surface area contributed by atoms with Gasteiger partial charge in [0.25, 0.3) is 15.9 Å². The monoisotopic (exact) mass is 506 g/mol. The lowest BCUT2D eigenvalue weighted by molar-refractivity contribution is -0.129. The van der Waals surface area contributed by atoms with E-state index in [0.717, 1.165) is 0 Å². The highest BCUT2D eigenvalue weighted by Crippen LogP contribution is 2.41. The van der Waals surface area contributed by atoms with Crippen LogP contribution in [0.5, 0.6) is 0 Å². The molecule has 0 spiro atoms. The van der Waals surface area contributed by atoms with E-state index < -0.39 is 33.2 Å². The van der Waals surface area contributed by atoms with Gasteiger partial charge >= 0.3 is 0 Å². The minimum atomic E-state index is -3.95. The van der Waals surface area contributed by atoms with Crippen molar-refractivity contribution in [2.75, 3.05) is 0 Å². The second-order valence-electron chi connectivity index (χ2n) is 8.62. The van der Waals surface area contributed by atoms with Crippen LogP contribution in [0.15, 0.2) is 67.6 Å². The Balaban J connectivity index is 1.82. The van der Waals surface area contributed by atoms with Gasteiger partial charge in [0.2, 0.25) is 0 Å². The summed E-state index contributed by atoms with van der Waals surface area (Å²) >= 11 is 3.15. The van der Waals surface area contributed by atoms with Crippen molar-refractivity contribution in [2.24, 2.45) is 9.81 Å². The van der Waals surface area contributed by atoms with Crippen molar-refractivity contribution < 1.29 is 22.7 Å². The fourth-order valence-corrected chi connectivity index (χ4v) is 5.69. The Hall–Kier alpha value is -2.52. The molecule has 9 heteroatoms. The van der Waals surface area contributed by atoms with E-state index in [1.807, 2.05) is 20.8 Å². The van der Waals surface area contributed by atoms with Gasteiger partial charge in [-0.25, -0.2) is 4.39 Å². The number of aliphatic hydroxyl groups excluding tert-OH is 1. The molecule has 2 aliphatic rings. The minimum Gasteiger partial charge on any atom is -0.509 e. The maximum absolute atomic E-state index is 13.6. The van der Waals surface area contributed by atoms with E-state index in [2.05, 4.69) is 20.3 Å². The first-order valence-electron chi connectivity index (χ1n) is 9.54. The van der Waals surface area contributed by atoms with Crippen LogP contribution in [0.3, 0.4) is 0 Å². The highest BCUT2D eigenvalue weighted by molar-refractivity contribution is 9.10. The molecule has 6 nitrogen and oxygen atoms in total. The average molecular weight is 507 g/mol. The predicted octanol–water partition coefficient (Wildman–Crippen LogP) is 4.35. The molecule has 2 aromatic carbocycles. The highest BCUT2D eigenvalue weighted by Gasteiger charge is 2.48. The van der Waals surface area contributed by atoms with Gasteiger partial charge in [-0.2, -0.15) is 12.8 Å². The van der Waals surface area contributed by atoms with Gasteiger partial charge in [-0.1, -0.05) is 45.0 Å². The molecule has 1 unspecified atom stereocenters. The number of nitrogens with zero attached hydrogens (tertiary/aromatic N) is 2. The topological polar surface area (TPSA) is 87.0 Å². The smallest absolute Gasteiger partial charge is 0.283 e. The molecule has 0 bridgehead atoms. The molecule has 1 N–H and O–H groups in total. The first-order valence-corrected chi connectivity index (χ1v) is 11.8. The molecule has 2 heterocycles. The maximum Gasteiger partial charge on any atom is 0.283 e. The number of aliphatic hydroxyl groups is 1. The van der Waals surface area contributed by atoms with Gasteiger partial charge in [0, 0.05) is 12.1 Å². The Kier molecular flexibility index (Phi) is 5.09. The number of sulfonamides is 1. The maximum atomic E-state index is 13.6. The van der Waals surface area contributed by atoms with E-state index in [1.165, 1.54) is 17.0 Å². The molecule has 0 fully saturated rings. The SMILES string of the molecule is CC(C)(C)C1C(O)=C(C2=NS(=O)(=O)c3ccccc32)C(=O)N1Cc1ccc(F)c(Br)c1. The second kappa shape index (κ2) is 7.27. The zero-order valence-corrected chi connectivity index (χ0v) is 19.5. The van der Waals surface area contributed by atoms with Crippen molar-refractivity contribution in [2.45, 2.75) is 38.3 Å². The third-order valence-corrected chi connectivity index (χ3v) is 7.27. The summed E-state index contributed by atoms with van der Waals surface area (Å²) in [4.78, 5) is 15.0. The molecule has 4 rings (SSSR count). The summed E-state index contributed by atoms with van der Waals surface area (Å²) in [5.74, 6) is -1.17. The number of hydrogen-bond donors (Lipinski definition) is 1. The number of hydrogen-bond acceptors (Lipinski definition) is 4. The number of fused-ring (bicyclic) bond motifs is 1. The first kappa shape index (κ1) is 21.7. The van der Waals surface area contributed by atoms with E-state index in [9.17, 15) is 22.7 Å². The largest absolute Gasteiger partial charge is 0.509 e. The van der Waals surface area contributed by atoms with E-state index in [-0.39, 0.29) is 38.5 Å². The van der Waals surface area contributed by atoms with Crippen LogP contribution in [-0.4, -0.2) is 36.1 Å². The molecule has 0 saturated heterocycles. The zero-order chi connectivity index (χ0) is 22.7. The molecule has 162 valence electrons. The van der Waals surface area contributed by atoms with E-state index >= 15 is 0 Å². The Morgan fingerprint density at radius 3 is 2.52 bits per heavy atom. The number of benzene rings is 2. The van der Waals surface area contributed by atoms with Crippen molar-refractivity contribution in [3.63, 3.8) is 0 Å². The Morgan fingerprint density at radius 1 is 1.19 bits per heavy atom. The Morgan fingerprint density at radius 2 is 1.87 bits per heavy atom. The molecule has 0 aromatic heterocycles. The molecular weight excluding hydrogens is 487 g/mol. The number of carbonyl (C=O) groups is 1. The molecule has 2 aliphatic heterocycles. The molecule has 0 radical (unpaired) electrons. The van der Waals surface area contributed by atoms with Crippen molar-refractivity contribution in [3.8, 4) is 0 Å². The van der Waals surface area contributed by atoms with Crippen molar-refractivity contribution >= 4 is 37.6 Å². The van der Waals surface area contributed by atoms with Gasteiger partial charge in [0.1, 0.15) is 22.9 Å². The number of amides is 1. The zero-order valence-electron chi connectivity index (χ0n) is 17.1. The first-order chi connectivity index (χ1) is 14.4. The fourth-order valence-electron chi connectivity index (χ4n) is 4.04. The summed E-state index contributed by atoms with van der Waals surface area (Å²) in [6.07, 6.45) is 0. The summed E-state index contributed by atoms with van der Waals surface area (Å²) in [5, 5.41) is 11.1. The molecule has 0 aliphatic carbocycles. The molecule has 2 aromatic rings. The summed E-state index contributed by atoms with van der Waals surface area (Å²) in [6, 6.07) is 9.95. The molecule has 1 atom stereocenters. The van der Waals surface area contributed by atoms with E-state index in [0.29, 0.717) is 5.56 Å². The molecule has 31 heavy (non-hydrogen) atoms. The van der Waals surface area contributed by atoms with Crippen molar-refractivity contribution in [3.05, 3.63) is 75.2 Å². The van der Waals surface area contributed by atoms with Gasteiger partial charge in [-0.15, -0.1) is 0 Å². The Labute approximate surface area is 188 Å². The highest BCUT2D eigenvalue weighted by atomic mass is 79.9. The second-order valence-corrected chi connectivity index (χ2v) is 11.0. The molecule has 1 amide bonds. The quantitative estimate of drug-likeness (QED) is 0.670. The molecule has 0 saturated carbocycles. The van der Waals surface area contributed by atoms with Crippen LogP contribution in [-0.2, 0) is 21.4 Å². The lowest BCUT2D eigenvalue weighted by Gasteiger charge is -2.35. The number of halogens is 2. The Bertz CT molecular complexity index is 1280. The van der Waals surface area contributed by atoms with Crippen LogP contribution in [0.2, 0.25) is 0 Å². The third kappa shape index (κ3) is 3.59. The summed E-state index contributed by atoms with van der Waals surface area (Å²) in [7, 11) is -3.95. The van der Waals surface area contributed by atoms with Gasteiger partial charge in [0.15, 0.2) is 0 Å². The fraction of sp³-hybridized carbons (Fsp3) is 0.273. The van der Waals surface area contributed by atoms with Gasteiger partial charge in [0.05, 0.1) is 15.4 Å². The van der Waals surface area contributed by atoms with Crippen LogP contribution in [0, 0.1) is 11.2 Å².